The molecule has 1 aromatic rings. The summed E-state index contributed by atoms with van der Waals surface area (Å²) in [5.41, 5.74) is 1.93. The number of benzene rings is 1. The summed E-state index contributed by atoms with van der Waals surface area (Å²) in [7, 11) is 1.80. The fraction of sp³-hybridized carbons (Fsp3) is 0.636. The Balaban J connectivity index is 0.00000300. The van der Waals surface area contributed by atoms with Crippen LogP contribution >= 0.6 is 24.0 Å². The van der Waals surface area contributed by atoms with Gasteiger partial charge in [0.15, 0.2) is 5.96 Å². The van der Waals surface area contributed by atoms with Crippen LogP contribution < -0.4 is 10.6 Å². The molecule has 7 heteroatoms. The molecule has 2 aliphatic heterocycles. The third kappa shape index (κ3) is 7.77. The van der Waals surface area contributed by atoms with Crippen molar-refractivity contribution in [2.75, 3.05) is 46.3 Å². The first-order valence-electron chi connectivity index (χ1n) is 10.8. The van der Waals surface area contributed by atoms with E-state index in [1.165, 1.54) is 38.8 Å². The Hall–Kier alpha value is -1.35. The molecule has 0 unspecified atom stereocenters. The standard InChI is InChI=1S/C22H35N5O.HI/c1-23-22(24-12-17-26-13-4-2-5-14-26)25-18-19-8-10-20(11-9-19)21(28)27-15-6-3-7-16-27;/h8-11H,2-7,12-18H2,1H3,(H2,23,24,25);1H. The van der Waals surface area contributed by atoms with Gasteiger partial charge in [0.1, 0.15) is 0 Å². The highest BCUT2D eigenvalue weighted by Crippen LogP contribution is 2.14. The predicted molar refractivity (Wildman–Crippen MR) is 130 cm³/mol. The van der Waals surface area contributed by atoms with Crippen molar-refractivity contribution in [3.05, 3.63) is 35.4 Å². The monoisotopic (exact) mass is 513 g/mol. The number of hydrogen-bond acceptors (Lipinski definition) is 3. The van der Waals surface area contributed by atoms with Crippen molar-refractivity contribution in [3.63, 3.8) is 0 Å². The number of aliphatic imine (C=N–C) groups is 1. The van der Waals surface area contributed by atoms with Gasteiger partial charge in [-0.25, -0.2) is 0 Å². The van der Waals surface area contributed by atoms with Crippen molar-refractivity contribution in [1.29, 1.82) is 0 Å². The minimum Gasteiger partial charge on any atom is -0.355 e. The van der Waals surface area contributed by atoms with Gasteiger partial charge in [-0.15, -0.1) is 24.0 Å². The average molecular weight is 513 g/mol. The smallest absolute Gasteiger partial charge is 0.253 e. The maximum absolute atomic E-state index is 12.5. The van der Waals surface area contributed by atoms with Gasteiger partial charge in [-0.05, 0) is 62.9 Å². The third-order valence-corrected chi connectivity index (χ3v) is 5.70. The first-order chi connectivity index (χ1) is 13.8. The summed E-state index contributed by atoms with van der Waals surface area (Å²) in [5.74, 6) is 0.986. The molecule has 2 heterocycles. The number of nitrogens with zero attached hydrogens (tertiary/aromatic N) is 3. The van der Waals surface area contributed by atoms with E-state index < -0.39 is 0 Å². The molecule has 2 saturated heterocycles. The first-order valence-corrected chi connectivity index (χ1v) is 10.8. The highest BCUT2D eigenvalue weighted by atomic mass is 127. The van der Waals surface area contributed by atoms with E-state index in [4.69, 9.17) is 0 Å². The topological polar surface area (TPSA) is 60.0 Å². The second-order valence-corrected chi connectivity index (χ2v) is 7.80. The zero-order chi connectivity index (χ0) is 19.6. The highest BCUT2D eigenvalue weighted by molar-refractivity contribution is 14.0. The first kappa shape index (κ1) is 23.9. The molecule has 0 atom stereocenters. The van der Waals surface area contributed by atoms with Crippen LogP contribution in [-0.4, -0.2) is 68.0 Å². The van der Waals surface area contributed by atoms with Crippen LogP contribution in [0, 0.1) is 0 Å². The predicted octanol–water partition coefficient (Wildman–Crippen LogP) is 3.08. The summed E-state index contributed by atoms with van der Waals surface area (Å²) in [6, 6.07) is 7.96. The normalized spacial score (nSPS) is 18.1. The summed E-state index contributed by atoms with van der Waals surface area (Å²) in [6.45, 7) is 6.88. The maximum Gasteiger partial charge on any atom is 0.253 e. The minimum absolute atomic E-state index is 0. The summed E-state index contributed by atoms with van der Waals surface area (Å²) in [4.78, 5) is 21.3. The van der Waals surface area contributed by atoms with Crippen LogP contribution in [0.4, 0.5) is 0 Å². The van der Waals surface area contributed by atoms with Gasteiger partial charge in [-0.1, -0.05) is 18.6 Å². The number of guanidine groups is 1. The second-order valence-electron chi connectivity index (χ2n) is 7.80. The van der Waals surface area contributed by atoms with Crippen molar-refractivity contribution in [2.45, 2.75) is 45.1 Å². The van der Waals surface area contributed by atoms with Gasteiger partial charge in [0.25, 0.3) is 5.91 Å². The number of likely N-dealkylation sites (tertiary alicyclic amines) is 2. The summed E-state index contributed by atoms with van der Waals surface area (Å²) >= 11 is 0. The number of carbonyl (C=O) groups is 1. The largest absolute Gasteiger partial charge is 0.355 e. The Bertz CT molecular complexity index is 637. The van der Waals surface area contributed by atoms with Crippen molar-refractivity contribution in [1.82, 2.24) is 20.4 Å². The van der Waals surface area contributed by atoms with E-state index in [9.17, 15) is 4.79 Å². The van der Waals surface area contributed by atoms with Gasteiger partial charge in [-0.3, -0.25) is 9.79 Å². The van der Waals surface area contributed by atoms with E-state index in [0.29, 0.717) is 6.54 Å². The fourth-order valence-corrected chi connectivity index (χ4v) is 3.97. The van der Waals surface area contributed by atoms with E-state index in [-0.39, 0.29) is 29.9 Å². The Labute approximate surface area is 192 Å². The lowest BCUT2D eigenvalue weighted by Gasteiger charge is -2.27. The van der Waals surface area contributed by atoms with Crippen LogP contribution in [-0.2, 0) is 6.54 Å². The Morgan fingerprint density at radius 2 is 1.55 bits per heavy atom. The van der Waals surface area contributed by atoms with Crippen molar-refractivity contribution in [2.24, 2.45) is 4.99 Å². The average Bonchev–Trinajstić information content (AvgIpc) is 2.77. The van der Waals surface area contributed by atoms with E-state index in [1.54, 1.807) is 7.05 Å². The van der Waals surface area contributed by atoms with Crippen LogP contribution in [0.3, 0.4) is 0 Å². The molecule has 2 N–H and O–H groups in total. The lowest BCUT2D eigenvalue weighted by Crippen LogP contribution is -2.42. The van der Waals surface area contributed by atoms with Gasteiger partial charge in [-0.2, -0.15) is 0 Å². The minimum atomic E-state index is 0. The number of carbonyl (C=O) groups excluding carboxylic acids is 1. The molecular formula is C22H36IN5O. The van der Waals surface area contributed by atoms with Gasteiger partial charge in [0.2, 0.25) is 0 Å². The Kier molecular flexibility index (Phi) is 10.8. The van der Waals surface area contributed by atoms with Crippen LogP contribution in [0.5, 0.6) is 0 Å². The SMILES string of the molecule is CN=C(NCCN1CCCCC1)NCc1ccc(C(=O)N2CCCCC2)cc1.I. The molecule has 3 rings (SSSR count). The zero-order valence-electron chi connectivity index (χ0n) is 17.7. The Morgan fingerprint density at radius 1 is 0.931 bits per heavy atom. The van der Waals surface area contributed by atoms with E-state index >= 15 is 0 Å². The summed E-state index contributed by atoms with van der Waals surface area (Å²) in [5, 5.41) is 6.76. The molecule has 162 valence electrons. The molecule has 2 aliphatic rings. The summed E-state index contributed by atoms with van der Waals surface area (Å²) < 4.78 is 0. The molecule has 0 spiro atoms. The van der Waals surface area contributed by atoms with Gasteiger partial charge in [0.05, 0.1) is 0 Å². The maximum atomic E-state index is 12.5. The van der Waals surface area contributed by atoms with E-state index in [2.05, 4.69) is 20.5 Å². The van der Waals surface area contributed by atoms with Crippen LogP contribution in [0.2, 0.25) is 0 Å². The molecule has 0 aliphatic carbocycles. The molecule has 0 radical (unpaired) electrons. The van der Waals surface area contributed by atoms with Crippen molar-refractivity contribution in [3.8, 4) is 0 Å². The third-order valence-electron chi connectivity index (χ3n) is 5.70. The van der Waals surface area contributed by atoms with Crippen molar-refractivity contribution < 1.29 is 4.79 Å². The fourth-order valence-electron chi connectivity index (χ4n) is 3.97. The van der Waals surface area contributed by atoms with Crippen LogP contribution in [0.1, 0.15) is 54.4 Å². The van der Waals surface area contributed by atoms with E-state index in [0.717, 1.165) is 56.1 Å². The van der Waals surface area contributed by atoms with Crippen molar-refractivity contribution >= 4 is 35.8 Å². The molecule has 0 bridgehead atoms. The Morgan fingerprint density at radius 3 is 2.17 bits per heavy atom. The molecule has 2 fully saturated rings. The van der Waals surface area contributed by atoms with Crippen LogP contribution in [0.25, 0.3) is 0 Å². The molecule has 0 aromatic heterocycles. The lowest BCUT2D eigenvalue weighted by molar-refractivity contribution is 0.0724. The quantitative estimate of drug-likeness (QED) is 0.349. The number of amides is 1. The highest BCUT2D eigenvalue weighted by Gasteiger charge is 2.17. The van der Waals surface area contributed by atoms with Crippen LogP contribution in [0.15, 0.2) is 29.3 Å². The van der Waals surface area contributed by atoms with Gasteiger partial charge in [0, 0.05) is 45.3 Å². The molecule has 29 heavy (non-hydrogen) atoms. The number of hydrogen-bond donors (Lipinski definition) is 2. The molecule has 6 nitrogen and oxygen atoms in total. The molecular weight excluding hydrogens is 477 g/mol. The van der Waals surface area contributed by atoms with Gasteiger partial charge < -0.3 is 20.4 Å². The zero-order valence-corrected chi connectivity index (χ0v) is 20.0. The molecule has 1 aromatic carbocycles. The number of nitrogens with one attached hydrogen (secondary N) is 2. The number of rotatable bonds is 6. The second kappa shape index (κ2) is 13.1. The molecule has 1 amide bonds. The van der Waals surface area contributed by atoms with E-state index in [1.807, 2.05) is 29.2 Å². The lowest BCUT2D eigenvalue weighted by atomic mass is 10.1. The molecule has 0 saturated carbocycles. The number of halogens is 1. The number of piperidine rings is 2. The van der Waals surface area contributed by atoms with Gasteiger partial charge >= 0.3 is 0 Å². The summed E-state index contributed by atoms with van der Waals surface area (Å²) in [6.07, 6.45) is 7.50.